The van der Waals surface area contributed by atoms with Crippen LogP contribution in [0, 0.1) is 32.6 Å². The number of rotatable bonds is 3. The minimum absolute atomic E-state index is 0.0229. The van der Waals surface area contributed by atoms with Crippen LogP contribution in [0.2, 0.25) is 0 Å². The molecule has 0 saturated carbocycles. The van der Waals surface area contributed by atoms with Crippen molar-refractivity contribution >= 4 is 5.91 Å². The first kappa shape index (κ1) is 15.4. The Morgan fingerprint density at radius 3 is 2.83 bits per heavy atom. The molecule has 2 saturated heterocycles. The highest BCUT2D eigenvalue weighted by molar-refractivity contribution is 5.95. The van der Waals surface area contributed by atoms with Crippen LogP contribution >= 0.6 is 0 Å². The van der Waals surface area contributed by atoms with E-state index in [0.29, 0.717) is 61.0 Å². The number of amides is 1. The van der Waals surface area contributed by atoms with E-state index in [0.717, 1.165) is 5.76 Å². The number of aromatic nitrogens is 2. The van der Waals surface area contributed by atoms with Gasteiger partial charge in [0.2, 0.25) is 5.89 Å². The fraction of sp³-hybridized carbons (Fsp3) is 0.588. The summed E-state index contributed by atoms with van der Waals surface area (Å²) in [5.41, 5.74) is 0.650. The summed E-state index contributed by atoms with van der Waals surface area (Å²) in [5, 5.41) is 3.84. The fourth-order valence-corrected chi connectivity index (χ4v) is 3.84. The van der Waals surface area contributed by atoms with Crippen LogP contribution in [0.25, 0.3) is 0 Å². The second kappa shape index (κ2) is 5.73. The number of aryl methyl sites for hydroxylation is 3. The van der Waals surface area contributed by atoms with Crippen LogP contribution in [0.15, 0.2) is 15.0 Å². The van der Waals surface area contributed by atoms with Crippen LogP contribution in [-0.4, -0.2) is 46.7 Å². The lowest BCUT2D eigenvalue weighted by Gasteiger charge is -2.18. The molecule has 4 heterocycles. The second-order valence-electron chi connectivity index (χ2n) is 6.77. The predicted octanol–water partition coefficient (Wildman–Crippen LogP) is 1.92. The van der Waals surface area contributed by atoms with Crippen molar-refractivity contribution in [1.82, 2.24) is 15.0 Å². The standard InChI is InChI=1S/C17H21N3O4/c1-9-4-13(10(2)23-9)17(21)20-6-14-12(8-22-15(14)7-20)5-16-18-11(3)19-24-16/h4,12,14-15H,5-8H2,1-3H3/t12-,14-,15-/m1/s1. The molecule has 2 aromatic heterocycles. The molecule has 0 unspecified atom stereocenters. The van der Waals surface area contributed by atoms with E-state index in [4.69, 9.17) is 13.7 Å². The van der Waals surface area contributed by atoms with E-state index in [-0.39, 0.29) is 12.0 Å². The first-order valence-electron chi connectivity index (χ1n) is 8.28. The van der Waals surface area contributed by atoms with Crippen molar-refractivity contribution in [2.45, 2.75) is 33.3 Å². The zero-order valence-electron chi connectivity index (χ0n) is 14.1. The zero-order chi connectivity index (χ0) is 16.8. The molecular weight excluding hydrogens is 310 g/mol. The molecule has 7 heteroatoms. The summed E-state index contributed by atoms with van der Waals surface area (Å²) in [6.45, 7) is 7.51. The molecule has 3 atom stereocenters. The lowest BCUT2D eigenvalue weighted by atomic mass is 9.90. The van der Waals surface area contributed by atoms with E-state index in [9.17, 15) is 4.79 Å². The van der Waals surface area contributed by atoms with E-state index >= 15 is 0 Å². The SMILES string of the molecule is Cc1noc(C[C@@H]2CO[C@@H]3CN(C(=O)c4cc(C)oc4C)C[C@H]23)n1. The highest BCUT2D eigenvalue weighted by Crippen LogP contribution is 2.36. The summed E-state index contributed by atoms with van der Waals surface area (Å²) in [6.07, 6.45) is 0.796. The fourth-order valence-electron chi connectivity index (χ4n) is 3.84. The van der Waals surface area contributed by atoms with Crippen molar-refractivity contribution in [2.75, 3.05) is 19.7 Å². The van der Waals surface area contributed by atoms with Gasteiger partial charge in [0.1, 0.15) is 11.5 Å². The van der Waals surface area contributed by atoms with Crippen molar-refractivity contribution in [2.24, 2.45) is 11.8 Å². The highest BCUT2D eigenvalue weighted by atomic mass is 16.5. The molecule has 4 rings (SSSR count). The van der Waals surface area contributed by atoms with Crippen molar-refractivity contribution < 1.29 is 18.5 Å². The van der Waals surface area contributed by atoms with Crippen LogP contribution in [0.5, 0.6) is 0 Å². The number of hydrogen-bond acceptors (Lipinski definition) is 6. The van der Waals surface area contributed by atoms with Gasteiger partial charge in [0.05, 0.1) is 18.3 Å². The van der Waals surface area contributed by atoms with Gasteiger partial charge in [-0.2, -0.15) is 4.98 Å². The Kier molecular flexibility index (Phi) is 3.68. The van der Waals surface area contributed by atoms with Gasteiger partial charge in [0.25, 0.3) is 5.91 Å². The molecule has 0 aliphatic carbocycles. The summed E-state index contributed by atoms with van der Waals surface area (Å²) in [7, 11) is 0. The number of nitrogens with zero attached hydrogens (tertiary/aromatic N) is 3. The van der Waals surface area contributed by atoms with Gasteiger partial charge >= 0.3 is 0 Å². The van der Waals surface area contributed by atoms with Crippen LogP contribution in [0.4, 0.5) is 0 Å². The van der Waals surface area contributed by atoms with Crippen molar-refractivity contribution in [1.29, 1.82) is 0 Å². The molecule has 2 fully saturated rings. The van der Waals surface area contributed by atoms with Gasteiger partial charge in [-0.05, 0) is 32.8 Å². The van der Waals surface area contributed by atoms with Gasteiger partial charge in [-0.1, -0.05) is 5.16 Å². The first-order chi connectivity index (χ1) is 11.5. The summed E-state index contributed by atoms with van der Waals surface area (Å²) >= 11 is 0. The summed E-state index contributed by atoms with van der Waals surface area (Å²) in [5.74, 6) is 3.37. The molecule has 0 bridgehead atoms. The Hall–Kier alpha value is -2.15. The largest absolute Gasteiger partial charge is 0.466 e. The summed E-state index contributed by atoms with van der Waals surface area (Å²) in [6, 6.07) is 1.81. The molecule has 7 nitrogen and oxygen atoms in total. The molecule has 24 heavy (non-hydrogen) atoms. The quantitative estimate of drug-likeness (QED) is 0.854. The Labute approximate surface area is 140 Å². The normalized spacial score (nSPS) is 26.1. The lowest BCUT2D eigenvalue weighted by Crippen LogP contribution is -2.31. The van der Waals surface area contributed by atoms with Crippen LogP contribution < -0.4 is 0 Å². The van der Waals surface area contributed by atoms with Crippen molar-refractivity contribution in [3.63, 3.8) is 0 Å². The van der Waals surface area contributed by atoms with Gasteiger partial charge in [0, 0.05) is 25.4 Å². The van der Waals surface area contributed by atoms with Gasteiger partial charge < -0.3 is 18.6 Å². The number of carbonyl (C=O) groups excluding carboxylic acids is 1. The Bertz CT molecular complexity index is 766. The molecule has 0 radical (unpaired) electrons. The average Bonchev–Trinajstić information content (AvgIpc) is 3.26. The molecule has 2 aromatic rings. The number of fused-ring (bicyclic) bond motifs is 1. The van der Waals surface area contributed by atoms with Crippen LogP contribution in [-0.2, 0) is 11.2 Å². The van der Waals surface area contributed by atoms with Gasteiger partial charge in [-0.25, -0.2) is 0 Å². The third-order valence-electron chi connectivity index (χ3n) is 5.00. The van der Waals surface area contributed by atoms with Gasteiger partial charge in [-0.3, -0.25) is 4.79 Å². The molecule has 0 aromatic carbocycles. The van der Waals surface area contributed by atoms with Crippen LogP contribution in [0.3, 0.4) is 0 Å². The number of hydrogen-bond donors (Lipinski definition) is 0. The Morgan fingerprint density at radius 2 is 2.17 bits per heavy atom. The highest BCUT2D eigenvalue weighted by Gasteiger charge is 2.46. The minimum atomic E-state index is 0.0229. The number of carbonyl (C=O) groups is 1. The topological polar surface area (TPSA) is 81.6 Å². The predicted molar refractivity (Wildman–Crippen MR) is 83.5 cm³/mol. The van der Waals surface area contributed by atoms with E-state index in [2.05, 4.69) is 10.1 Å². The minimum Gasteiger partial charge on any atom is -0.466 e. The third kappa shape index (κ3) is 2.62. The van der Waals surface area contributed by atoms with Gasteiger partial charge in [0.15, 0.2) is 5.82 Å². The van der Waals surface area contributed by atoms with Crippen molar-refractivity contribution in [3.8, 4) is 0 Å². The molecule has 128 valence electrons. The number of likely N-dealkylation sites (tertiary alicyclic amines) is 1. The van der Waals surface area contributed by atoms with E-state index in [1.54, 1.807) is 0 Å². The average molecular weight is 331 g/mol. The summed E-state index contributed by atoms with van der Waals surface area (Å²) < 4.78 is 16.6. The summed E-state index contributed by atoms with van der Waals surface area (Å²) in [4.78, 5) is 18.9. The third-order valence-corrected chi connectivity index (χ3v) is 5.00. The van der Waals surface area contributed by atoms with E-state index in [1.807, 2.05) is 31.7 Å². The monoisotopic (exact) mass is 331 g/mol. The first-order valence-corrected chi connectivity index (χ1v) is 8.28. The maximum absolute atomic E-state index is 12.8. The number of ether oxygens (including phenoxy) is 1. The smallest absolute Gasteiger partial charge is 0.257 e. The Morgan fingerprint density at radius 1 is 1.33 bits per heavy atom. The Balaban J connectivity index is 1.45. The maximum atomic E-state index is 12.8. The molecule has 0 N–H and O–H groups in total. The molecule has 2 aliphatic heterocycles. The van der Waals surface area contributed by atoms with Gasteiger partial charge in [-0.15, -0.1) is 0 Å². The van der Waals surface area contributed by atoms with Crippen molar-refractivity contribution in [3.05, 3.63) is 34.9 Å². The number of furan rings is 1. The van der Waals surface area contributed by atoms with Crippen LogP contribution in [0.1, 0.15) is 33.6 Å². The zero-order valence-corrected chi connectivity index (χ0v) is 14.1. The molecule has 2 aliphatic rings. The van der Waals surface area contributed by atoms with E-state index < -0.39 is 0 Å². The molecule has 1 amide bonds. The second-order valence-corrected chi connectivity index (χ2v) is 6.77. The molecule has 0 spiro atoms. The lowest BCUT2D eigenvalue weighted by molar-refractivity contribution is 0.0674. The molecular formula is C17H21N3O4. The maximum Gasteiger partial charge on any atom is 0.257 e. The van der Waals surface area contributed by atoms with E-state index in [1.165, 1.54) is 0 Å².